The summed E-state index contributed by atoms with van der Waals surface area (Å²) in [5.74, 6) is 0.457. The van der Waals surface area contributed by atoms with E-state index in [4.69, 9.17) is 11.6 Å². The summed E-state index contributed by atoms with van der Waals surface area (Å²) in [6.45, 7) is 0. The smallest absolute Gasteiger partial charge is 0.0931 e. The summed E-state index contributed by atoms with van der Waals surface area (Å²) in [5.41, 5.74) is 0. The average molecular weight is 231 g/mol. The number of aliphatic hydroxyl groups is 1. The first kappa shape index (κ1) is 10.5. The Morgan fingerprint density at radius 1 is 1.36 bits per heavy atom. The zero-order valence-corrected chi connectivity index (χ0v) is 9.65. The molecule has 0 bridgehead atoms. The van der Waals surface area contributed by atoms with Gasteiger partial charge in [0.05, 0.1) is 10.4 Å². The fraction of sp³-hybridized carbons (Fsp3) is 0.636. The van der Waals surface area contributed by atoms with Gasteiger partial charge in [-0.15, -0.1) is 11.3 Å². The van der Waals surface area contributed by atoms with Gasteiger partial charge in [0.15, 0.2) is 0 Å². The van der Waals surface area contributed by atoms with Gasteiger partial charge in [0.1, 0.15) is 0 Å². The van der Waals surface area contributed by atoms with Crippen molar-refractivity contribution in [3.8, 4) is 0 Å². The molecule has 0 saturated heterocycles. The molecule has 0 radical (unpaired) electrons. The molecule has 1 aromatic heterocycles. The Kier molecular flexibility index (Phi) is 3.47. The molecule has 3 heteroatoms. The number of hydrogen-bond acceptors (Lipinski definition) is 2. The maximum Gasteiger partial charge on any atom is 0.0931 e. The molecule has 14 heavy (non-hydrogen) atoms. The molecule has 1 nitrogen and oxygen atoms in total. The Morgan fingerprint density at radius 3 is 2.79 bits per heavy atom. The van der Waals surface area contributed by atoms with E-state index in [0.29, 0.717) is 5.92 Å². The molecule has 2 atom stereocenters. The Bertz CT molecular complexity index is 297. The number of rotatable bonds is 2. The predicted molar refractivity (Wildman–Crippen MR) is 61.0 cm³/mol. The highest BCUT2D eigenvalue weighted by molar-refractivity contribution is 7.16. The molecule has 1 heterocycles. The lowest BCUT2D eigenvalue weighted by Crippen LogP contribution is -2.25. The normalized spacial score (nSPS) is 27.9. The van der Waals surface area contributed by atoms with E-state index in [9.17, 15) is 5.11 Å². The van der Waals surface area contributed by atoms with Crippen molar-refractivity contribution in [1.82, 2.24) is 0 Å². The summed E-state index contributed by atoms with van der Waals surface area (Å²) in [7, 11) is 0. The van der Waals surface area contributed by atoms with E-state index in [1.807, 2.05) is 6.07 Å². The first-order valence-corrected chi connectivity index (χ1v) is 6.37. The minimum atomic E-state index is -0.0929. The van der Waals surface area contributed by atoms with Gasteiger partial charge in [0.25, 0.3) is 0 Å². The van der Waals surface area contributed by atoms with Crippen molar-refractivity contribution in [2.24, 2.45) is 5.92 Å². The number of halogens is 1. The zero-order valence-electron chi connectivity index (χ0n) is 8.08. The number of thiophene rings is 1. The highest BCUT2D eigenvalue weighted by Crippen LogP contribution is 2.30. The monoisotopic (exact) mass is 230 g/mol. The van der Waals surface area contributed by atoms with Crippen LogP contribution in [0, 0.1) is 5.92 Å². The molecule has 0 spiro atoms. The van der Waals surface area contributed by atoms with E-state index < -0.39 is 0 Å². The van der Waals surface area contributed by atoms with E-state index in [1.165, 1.54) is 17.7 Å². The van der Waals surface area contributed by atoms with Crippen LogP contribution in [0.3, 0.4) is 0 Å². The van der Waals surface area contributed by atoms with E-state index in [0.717, 1.165) is 23.6 Å². The largest absolute Gasteiger partial charge is 0.393 e. The lowest BCUT2D eigenvalue weighted by atomic mass is 9.84. The summed E-state index contributed by atoms with van der Waals surface area (Å²) in [6.07, 6.45) is 5.49. The highest BCUT2D eigenvalue weighted by atomic mass is 35.5. The first-order valence-electron chi connectivity index (χ1n) is 5.18. The van der Waals surface area contributed by atoms with Crippen LogP contribution in [0.15, 0.2) is 12.1 Å². The van der Waals surface area contributed by atoms with Crippen LogP contribution < -0.4 is 0 Å². The van der Waals surface area contributed by atoms with Gasteiger partial charge in [0, 0.05) is 4.88 Å². The summed E-state index contributed by atoms with van der Waals surface area (Å²) in [4.78, 5) is 1.31. The third kappa shape index (κ3) is 2.50. The molecule has 1 aliphatic carbocycles. The summed E-state index contributed by atoms with van der Waals surface area (Å²) in [5, 5.41) is 9.81. The Balaban J connectivity index is 1.95. The van der Waals surface area contributed by atoms with Crippen LogP contribution in [0.1, 0.15) is 30.6 Å². The molecule has 1 aromatic rings. The lowest BCUT2D eigenvalue weighted by Gasteiger charge is -2.26. The van der Waals surface area contributed by atoms with Gasteiger partial charge in [-0.3, -0.25) is 0 Å². The van der Waals surface area contributed by atoms with Crippen LogP contribution in [0.5, 0.6) is 0 Å². The van der Waals surface area contributed by atoms with Crippen LogP contribution in [0.2, 0.25) is 4.34 Å². The van der Waals surface area contributed by atoms with Crippen molar-refractivity contribution < 1.29 is 5.11 Å². The zero-order chi connectivity index (χ0) is 9.97. The third-order valence-corrected chi connectivity index (χ3v) is 4.21. The van der Waals surface area contributed by atoms with Crippen LogP contribution >= 0.6 is 22.9 Å². The van der Waals surface area contributed by atoms with Gasteiger partial charge in [0.2, 0.25) is 0 Å². The van der Waals surface area contributed by atoms with Crippen molar-refractivity contribution in [3.63, 3.8) is 0 Å². The molecule has 1 aliphatic rings. The van der Waals surface area contributed by atoms with Crippen molar-refractivity contribution in [2.45, 2.75) is 38.2 Å². The fourth-order valence-corrected chi connectivity index (χ4v) is 3.33. The molecule has 0 aliphatic heterocycles. The standard InChI is InChI=1S/C11H15ClOS/c12-11-6-5-9(14-11)7-8-3-1-2-4-10(8)13/h5-6,8,10,13H,1-4,7H2. The predicted octanol–water partition coefficient (Wildman–Crippen LogP) is 3.50. The summed E-state index contributed by atoms with van der Waals surface area (Å²) < 4.78 is 0.852. The molecular formula is C11H15ClOS. The SMILES string of the molecule is OC1CCCCC1Cc1ccc(Cl)s1. The van der Waals surface area contributed by atoms with Crippen LogP contribution in [-0.2, 0) is 6.42 Å². The second-order valence-corrected chi connectivity index (χ2v) is 5.82. The fourth-order valence-electron chi connectivity index (χ4n) is 2.15. The van der Waals surface area contributed by atoms with Crippen LogP contribution in [0.4, 0.5) is 0 Å². The maximum absolute atomic E-state index is 9.81. The van der Waals surface area contributed by atoms with E-state index in [2.05, 4.69) is 6.07 Å². The average Bonchev–Trinajstić information content (AvgIpc) is 2.56. The van der Waals surface area contributed by atoms with Gasteiger partial charge < -0.3 is 5.11 Å². The minimum Gasteiger partial charge on any atom is -0.393 e. The Morgan fingerprint density at radius 2 is 2.14 bits per heavy atom. The first-order chi connectivity index (χ1) is 6.75. The van der Waals surface area contributed by atoms with Gasteiger partial charge >= 0.3 is 0 Å². The molecular weight excluding hydrogens is 216 g/mol. The molecule has 78 valence electrons. The second-order valence-electron chi connectivity index (χ2n) is 4.02. The minimum absolute atomic E-state index is 0.0929. The summed E-state index contributed by atoms with van der Waals surface area (Å²) in [6, 6.07) is 4.02. The van der Waals surface area contributed by atoms with Gasteiger partial charge in [-0.2, -0.15) is 0 Å². The van der Waals surface area contributed by atoms with Gasteiger partial charge in [-0.25, -0.2) is 0 Å². The molecule has 1 N–H and O–H groups in total. The van der Waals surface area contributed by atoms with Gasteiger partial charge in [-0.05, 0) is 37.3 Å². The van der Waals surface area contributed by atoms with Crippen LogP contribution in [0.25, 0.3) is 0 Å². The van der Waals surface area contributed by atoms with Crippen molar-refractivity contribution in [2.75, 3.05) is 0 Å². The Hall–Kier alpha value is -0.0500. The molecule has 1 fully saturated rings. The Labute approximate surface area is 93.7 Å². The molecule has 2 unspecified atom stereocenters. The van der Waals surface area contributed by atoms with Crippen LogP contribution in [-0.4, -0.2) is 11.2 Å². The number of hydrogen-bond donors (Lipinski definition) is 1. The maximum atomic E-state index is 9.81. The highest BCUT2D eigenvalue weighted by Gasteiger charge is 2.23. The summed E-state index contributed by atoms with van der Waals surface area (Å²) >= 11 is 7.51. The third-order valence-electron chi connectivity index (χ3n) is 2.96. The van der Waals surface area contributed by atoms with E-state index >= 15 is 0 Å². The second kappa shape index (κ2) is 4.65. The van der Waals surface area contributed by atoms with Crippen molar-refractivity contribution in [3.05, 3.63) is 21.3 Å². The van der Waals surface area contributed by atoms with E-state index in [1.54, 1.807) is 11.3 Å². The van der Waals surface area contributed by atoms with Crippen molar-refractivity contribution >= 4 is 22.9 Å². The quantitative estimate of drug-likeness (QED) is 0.825. The topological polar surface area (TPSA) is 20.2 Å². The van der Waals surface area contributed by atoms with E-state index in [-0.39, 0.29) is 6.10 Å². The molecule has 1 saturated carbocycles. The lowest BCUT2D eigenvalue weighted by molar-refractivity contribution is 0.0704. The van der Waals surface area contributed by atoms with Crippen molar-refractivity contribution in [1.29, 1.82) is 0 Å². The van der Waals surface area contributed by atoms with Gasteiger partial charge in [-0.1, -0.05) is 24.4 Å². The molecule has 0 aromatic carbocycles. The number of aliphatic hydroxyl groups excluding tert-OH is 1. The molecule has 2 rings (SSSR count). The molecule has 0 amide bonds.